The Morgan fingerprint density at radius 1 is 1.30 bits per heavy atom. The highest BCUT2D eigenvalue weighted by molar-refractivity contribution is 5.99. The van der Waals surface area contributed by atoms with E-state index in [1.54, 1.807) is 29.0 Å². The third-order valence-corrected chi connectivity index (χ3v) is 6.67. The maximum absolute atomic E-state index is 13.7. The molecule has 3 aliphatic heterocycles. The van der Waals surface area contributed by atoms with Gasteiger partial charge in [0.2, 0.25) is 17.7 Å². The maximum atomic E-state index is 13.7. The molecule has 166 valence electrons. The van der Waals surface area contributed by atoms with Crippen LogP contribution in [0.3, 0.4) is 0 Å². The number of aliphatic hydroxyl groups is 1. The van der Waals surface area contributed by atoms with E-state index in [9.17, 15) is 19.5 Å². The van der Waals surface area contributed by atoms with Crippen molar-refractivity contribution in [2.75, 3.05) is 33.3 Å². The van der Waals surface area contributed by atoms with E-state index in [2.05, 4.69) is 13.2 Å². The summed E-state index contributed by atoms with van der Waals surface area (Å²) in [5.74, 6) is -2.00. The lowest BCUT2D eigenvalue weighted by molar-refractivity contribution is -0.149. The van der Waals surface area contributed by atoms with Crippen LogP contribution in [0.4, 0.5) is 0 Å². The summed E-state index contributed by atoms with van der Waals surface area (Å²) in [7, 11) is 1.68. The van der Waals surface area contributed by atoms with Crippen LogP contribution >= 0.6 is 0 Å². The maximum Gasteiger partial charge on any atom is 0.248 e. The minimum atomic E-state index is -1.03. The molecule has 8 heteroatoms. The molecule has 3 aliphatic rings. The number of carbonyl (C=O) groups is 3. The molecular weight excluding hydrogens is 386 g/mol. The molecule has 3 amide bonds. The van der Waals surface area contributed by atoms with E-state index in [0.717, 1.165) is 0 Å². The number of nitrogens with zero attached hydrogens (tertiary/aromatic N) is 3. The molecule has 0 aromatic heterocycles. The second-order valence-corrected chi connectivity index (χ2v) is 8.69. The van der Waals surface area contributed by atoms with Gasteiger partial charge in [-0.05, 0) is 26.7 Å². The van der Waals surface area contributed by atoms with E-state index < -0.39 is 23.5 Å². The minimum Gasteiger partial charge on any atom is -0.395 e. The Hall–Kier alpha value is -2.19. The minimum absolute atomic E-state index is 0.0327. The largest absolute Gasteiger partial charge is 0.395 e. The second kappa shape index (κ2) is 8.51. The Balaban J connectivity index is 2.02. The number of rotatable bonds is 9. The van der Waals surface area contributed by atoms with E-state index in [1.807, 2.05) is 13.8 Å². The predicted octanol–water partition coefficient (Wildman–Crippen LogP) is 0.421. The number of ether oxygens (including phenoxy) is 1. The predicted molar refractivity (Wildman–Crippen MR) is 111 cm³/mol. The monoisotopic (exact) mass is 419 g/mol. The van der Waals surface area contributed by atoms with Crippen molar-refractivity contribution >= 4 is 17.7 Å². The lowest BCUT2D eigenvalue weighted by Gasteiger charge is -2.38. The van der Waals surface area contributed by atoms with Gasteiger partial charge in [-0.2, -0.15) is 0 Å². The molecule has 3 saturated heterocycles. The summed E-state index contributed by atoms with van der Waals surface area (Å²) in [4.78, 5) is 44.9. The normalized spacial score (nSPS) is 31.8. The fraction of sp³-hybridized carbons (Fsp3) is 0.682. The van der Waals surface area contributed by atoms with Gasteiger partial charge >= 0.3 is 0 Å². The first kappa shape index (κ1) is 22.5. The van der Waals surface area contributed by atoms with E-state index in [4.69, 9.17) is 4.74 Å². The molecule has 2 bridgehead atoms. The summed E-state index contributed by atoms with van der Waals surface area (Å²) in [5.41, 5.74) is -1.03. The van der Waals surface area contributed by atoms with Crippen molar-refractivity contribution in [3.63, 3.8) is 0 Å². The number of β-amino-alcohol motifs (C(OH)–C–C–N with tert-alkyl or cyclic N) is 1. The molecule has 1 spiro atoms. The molecular formula is C22H33N3O5. The smallest absolute Gasteiger partial charge is 0.248 e. The summed E-state index contributed by atoms with van der Waals surface area (Å²) >= 11 is 0. The van der Waals surface area contributed by atoms with Crippen molar-refractivity contribution < 1.29 is 24.2 Å². The molecule has 0 saturated carbocycles. The fourth-order valence-electron chi connectivity index (χ4n) is 5.45. The number of hydrogen-bond donors (Lipinski definition) is 1. The highest BCUT2D eigenvalue weighted by Gasteiger charge is 2.74. The highest BCUT2D eigenvalue weighted by atomic mass is 16.5. The Labute approximate surface area is 178 Å². The van der Waals surface area contributed by atoms with Crippen LogP contribution in [-0.4, -0.2) is 94.6 Å². The third-order valence-electron chi connectivity index (χ3n) is 6.67. The molecule has 0 aromatic carbocycles. The molecule has 1 N–H and O–H groups in total. The summed E-state index contributed by atoms with van der Waals surface area (Å²) < 4.78 is 6.34. The van der Waals surface area contributed by atoms with E-state index >= 15 is 0 Å². The summed E-state index contributed by atoms with van der Waals surface area (Å²) in [6.07, 6.45) is 4.09. The van der Waals surface area contributed by atoms with Gasteiger partial charge in [-0.25, -0.2) is 0 Å². The molecule has 5 atom stereocenters. The first-order chi connectivity index (χ1) is 14.2. The van der Waals surface area contributed by atoms with Crippen molar-refractivity contribution in [1.82, 2.24) is 14.7 Å². The van der Waals surface area contributed by atoms with Crippen molar-refractivity contribution in [3.05, 3.63) is 25.3 Å². The van der Waals surface area contributed by atoms with Gasteiger partial charge in [-0.15, -0.1) is 13.2 Å². The first-order valence-electron chi connectivity index (χ1n) is 10.6. The molecule has 30 heavy (non-hydrogen) atoms. The van der Waals surface area contributed by atoms with Gasteiger partial charge in [0.15, 0.2) is 0 Å². The number of aliphatic hydroxyl groups excluding tert-OH is 1. The number of likely N-dealkylation sites (N-methyl/N-ethyl adjacent to an activating group) is 1. The zero-order valence-electron chi connectivity index (χ0n) is 18.1. The summed E-state index contributed by atoms with van der Waals surface area (Å²) in [6, 6.07) is -0.941. The molecule has 8 nitrogen and oxygen atoms in total. The molecule has 2 unspecified atom stereocenters. The Morgan fingerprint density at radius 2 is 1.97 bits per heavy atom. The van der Waals surface area contributed by atoms with E-state index in [-0.39, 0.29) is 43.0 Å². The van der Waals surface area contributed by atoms with Crippen LogP contribution in [0.15, 0.2) is 25.3 Å². The van der Waals surface area contributed by atoms with Crippen LogP contribution < -0.4 is 0 Å². The van der Waals surface area contributed by atoms with Gasteiger partial charge < -0.3 is 24.5 Å². The quantitative estimate of drug-likeness (QED) is 0.547. The van der Waals surface area contributed by atoms with Crippen LogP contribution in [0, 0.1) is 11.8 Å². The van der Waals surface area contributed by atoms with Crippen LogP contribution in [0.25, 0.3) is 0 Å². The van der Waals surface area contributed by atoms with Crippen LogP contribution in [0.5, 0.6) is 0 Å². The zero-order valence-corrected chi connectivity index (χ0v) is 18.1. The van der Waals surface area contributed by atoms with Gasteiger partial charge in [0.1, 0.15) is 11.6 Å². The third kappa shape index (κ3) is 3.26. The van der Waals surface area contributed by atoms with Gasteiger partial charge in [0, 0.05) is 32.7 Å². The Morgan fingerprint density at radius 3 is 2.53 bits per heavy atom. The summed E-state index contributed by atoms with van der Waals surface area (Å²) in [6.45, 7) is 11.7. The van der Waals surface area contributed by atoms with Crippen molar-refractivity contribution in [1.29, 1.82) is 0 Å². The SMILES string of the molecule is C=CCN(C)C(=O)[C@@H]1[C@H]2C(=O)N(CCO)C(C(=O)N(CC=C)C(C)C)C23CC[C@H]1O3. The molecule has 0 aromatic rings. The first-order valence-corrected chi connectivity index (χ1v) is 10.6. The van der Waals surface area contributed by atoms with Gasteiger partial charge in [0.05, 0.1) is 24.5 Å². The molecule has 0 radical (unpaired) electrons. The van der Waals surface area contributed by atoms with Crippen molar-refractivity contribution in [2.24, 2.45) is 11.8 Å². The van der Waals surface area contributed by atoms with Gasteiger partial charge in [0.25, 0.3) is 0 Å². The average molecular weight is 420 g/mol. The van der Waals surface area contributed by atoms with Crippen molar-refractivity contribution in [2.45, 2.75) is 50.5 Å². The lowest BCUT2D eigenvalue weighted by atomic mass is 9.70. The van der Waals surface area contributed by atoms with Crippen LogP contribution in [-0.2, 0) is 19.1 Å². The molecule has 3 rings (SSSR count). The number of carbonyl (C=O) groups excluding carboxylic acids is 3. The van der Waals surface area contributed by atoms with E-state index in [1.165, 1.54) is 4.90 Å². The average Bonchev–Trinajstić information content (AvgIpc) is 3.33. The molecule has 3 fully saturated rings. The molecule has 3 heterocycles. The summed E-state index contributed by atoms with van der Waals surface area (Å²) in [5, 5.41) is 9.60. The number of likely N-dealkylation sites (tertiary alicyclic amines) is 1. The topological polar surface area (TPSA) is 90.4 Å². The van der Waals surface area contributed by atoms with Crippen LogP contribution in [0.2, 0.25) is 0 Å². The highest BCUT2D eigenvalue weighted by Crippen LogP contribution is 2.58. The number of fused-ring (bicyclic) bond motifs is 1. The van der Waals surface area contributed by atoms with Gasteiger partial charge in [-0.3, -0.25) is 14.4 Å². The fourth-order valence-corrected chi connectivity index (χ4v) is 5.45. The number of amides is 3. The lowest BCUT2D eigenvalue weighted by Crippen LogP contribution is -2.57. The Bertz CT molecular complexity index is 738. The second-order valence-electron chi connectivity index (χ2n) is 8.69. The van der Waals surface area contributed by atoms with Gasteiger partial charge in [-0.1, -0.05) is 12.2 Å². The van der Waals surface area contributed by atoms with Crippen molar-refractivity contribution in [3.8, 4) is 0 Å². The van der Waals surface area contributed by atoms with E-state index in [0.29, 0.717) is 25.9 Å². The zero-order chi connectivity index (χ0) is 22.2. The Kier molecular flexibility index (Phi) is 6.38. The molecule has 0 aliphatic carbocycles. The number of hydrogen-bond acceptors (Lipinski definition) is 5. The standard InChI is InChI=1S/C22H33N3O5/c1-6-10-23(5)19(27)16-15-8-9-22(30-15)17(16)20(28)25(12-13-26)18(22)21(29)24(11-7-2)14(3)4/h6-7,14-18,26H,1-2,8-13H2,3-5H3/t15-,16+,17+,18?,22?/m1/s1. The van der Waals surface area contributed by atoms with Crippen LogP contribution in [0.1, 0.15) is 26.7 Å².